The molecule has 2 aromatic rings. The first-order valence-electron chi connectivity index (χ1n) is 6.82. The lowest BCUT2D eigenvalue weighted by atomic mass is 9.84. The van der Waals surface area contributed by atoms with E-state index in [1.54, 1.807) is 6.21 Å². The summed E-state index contributed by atoms with van der Waals surface area (Å²) in [7, 11) is 0. The average molecular weight is 267 g/mol. The van der Waals surface area contributed by atoms with E-state index >= 15 is 0 Å². The van der Waals surface area contributed by atoms with E-state index in [1.807, 2.05) is 49.4 Å². The molecule has 1 N–H and O–H groups in total. The number of phenols is 1. The Morgan fingerprint density at radius 3 is 2.25 bits per heavy atom. The first-order chi connectivity index (χ1) is 9.39. The first-order valence-corrected chi connectivity index (χ1v) is 6.82. The van der Waals surface area contributed by atoms with E-state index in [9.17, 15) is 5.11 Å². The third kappa shape index (κ3) is 3.08. The molecule has 0 aliphatic rings. The zero-order chi connectivity index (χ0) is 14.8. The van der Waals surface area contributed by atoms with Gasteiger partial charge in [-0.2, -0.15) is 0 Å². The van der Waals surface area contributed by atoms with E-state index in [0.29, 0.717) is 5.75 Å². The van der Waals surface area contributed by atoms with E-state index in [2.05, 4.69) is 25.8 Å². The predicted octanol–water partition coefficient (Wildman–Crippen LogP) is 4.75. The molecule has 0 bridgehead atoms. The summed E-state index contributed by atoms with van der Waals surface area (Å²) in [6.07, 6.45) is 1.75. The summed E-state index contributed by atoms with van der Waals surface area (Å²) in [5.74, 6) is 0.331. The van der Waals surface area contributed by atoms with Gasteiger partial charge in [0.15, 0.2) is 0 Å². The average Bonchev–Trinajstić information content (AvgIpc) is 2.38. The fraction of sp³-hybridized carbons (Fsp3) is 0.278. The summed E-state index contributed by atoms with van der Waals surface area (Å²) in [6.45, 7) is 8.26. The number of nitrogens with zero attached hydrogens (tertiary/aromatic N) is 1. The van der Waals surface area contributed by atoms with Crippen molar-refractivity contribution in [2.24, 2.45) is 4.99 Å². The Bertz CT molecular complexity index is 622. The molecule has 0 aliphatic carbocycles. The lowest BCUT2D eigenvalue weighted by molar-refractivity contribution is 0.445. The number of aromatic hydroxyl groups is 1. The van der Waals surface area contributed by atoms with Crippen LogP contribution in [0.3, 0.4) is 0 Å². The van der Waals surface area contributed by atoms with Gasteiger partial charge in [0.1, 0.15) is 5.75 Å². The second-order valence-corrected chi connectivity index (χ2v) is 6.04. The van der Waals surface area contributed by atoms with Crippen molar-refractivity contribution >= 4 is 11.9 Å². The molecule has 0 radical (unpaired) electrons. The number of benzene rings is 2. The summed E-state index contributed by atoms with van der Waals surface area (Å²) in [5.41, 5.74) is 3.55. The van der Waals surface area contributed by atoms with Crippen LogP contribution in [0.25, 0.3) is 0 Å². The molecule has 2 nitrogen and oxygen atoms in total. The van der Waals surface area contributed by atoms with Crippen LogP contribution in [0.4, 0.5) is 5.69 Å². The minimum absolute atomic E-state index is 0.0902. The van der Waals surface area contributed by atoms with E-state index < -0.39 is 0 Å². The summed E-state index contributed by atoms with van der Waals surface area (Å²) in [5, 5.41) is 10.5. The number of hydrogen-bond acceptors (Lipinski definition) is 2. The van der Waals surface area contributed by atoms with Crippen LogP contribution in [0.5, 0.6) is 5.75 Å². The number of rotatable bonds is 2. The Hall–Kier alpha value is -2.09. The van der Waals surface area contributed by atoms with Gasteiger partial charge in [0.05, 0.1) is 5.69 Å². The van der Waals surface area contributed by atoms with Crippen LogP contribution in [-0.2, 0) is 5.41 Å². The molecule has 2 aromatic carbocycles. The molecule has 0 fully saturated rings. The predicted molar refractivity (Wildman–Crippen MR) is 85.2 cm³/mol. The van der Waals surface area contributed by atoms with Crippen LogP contribution in [0, 0.1) is 6.92 Å². The molecule has 0 aromatic heterocycles. The SMILES string of the molecule is Cc1ccc(C(C)(C)C)c(O)c1C=Nc1ccccc1. The number of aliphatic imine (C=N–C) groups is 1. The van der Waals surface area contributed by atoms with E-state index in [0.717, 1.165) is 22.4 Å². The van der Waals surface area contributed by atoms with Gasteiger partial charge in [0, 0.05) is 11.8 Å². The van der Waals surface area contributed by atoms with E-state index in [-0.39, 0.29) is 5.41 Å². The zero-order valence-electron chi connectivity index (χ0n) is 12.5. The van der Waals surface area contributed by atoms with Crippen molar-refractivity contribution in [3.8, 4) is 5.75 Å². The van der Waals surface area contributed by atoms with Gasteiger partial charge < -0.3 is 5.11 Å². The molecule has 2 rings (SSSR count). The summed E-state index contributed by atoms with van der Waals surface area (Å²) in [4.78, 5) is 4.44. The third-order valence-corrected chi connectivity index (χ3v) is 3.34. The van der Waals surface area contributed by atoms with Gasteiger partial charge in [-0.05, 0) is 35.6 Å². The van der Waals surface area contributed by atoms with Crippen LogP contribution in [-0.4, -0.2) is 11.3 Å². The molecule has 20 heavy (non-hydrogen) atoms. The smallest absolute Gasteiger partial charge is 0.128 e. The Morgan fingerprint density at radius 2 is 1.65 bits per heavy atom. The molecule has 0 saturated heterocycles. The molecule has 0 atom stereocenters. The minimum Gasteiger partial charge on any atom is -0.507 e. The van der Waals surface area contributed by atoms with Crippen LogP contribution in [0.1, 0.15) is 37.5 Å². The van der Waals surface area contributed by atoms with Crippen LogP contribution in [0.2, 0.25) is 0 Å². The molecular formula is C18H21NO. The maximum absolute atomic E-state index is 10.5. The van der Waals surface area contributed by atoms with Gasteiger partial charge in [0.2, 0.25) is 0 Å². The zero-order valence-corrected chi connectivity index (χ0v) is 12.5. The van der Waals surface area contributed by atoms with Gasteiger partial charge in [-0.1, -0.05) is 51.1 Å². The molecule has 0 heterocycles. The van der Waals surface area contributed by atoms with Gasteiger partial charge >= 0.3 is 0 Å². The highest BCUT2D eigenvalue weighted by Crippen LogP contribution is 2.34. The Morgan fingerprint density at radius 1 is 1.00 bits per heavy atom. The normalized spacial score (nSPS) is 12.0. The summed E-state index contributed by atoms with van der Waals surface area (Å²) < 4.78 is 0. The van der Waals surface area contributed by atoms with Crippen molar-refractivity contribution < 1.29 is 5.11 Å². The lowest BCUT2D eigenvalue weighted by Crippen LogP contribution is -2.12. The highest BCUT2D eigenvalue weighted by molar-refractivity contribution is 5.88. The van der Waals surface area contributed by atoms with E-state index in [4.69, 9.17) is 0 Å². The van der Waals surface area contributed by atoms with Gasteiger partial charge in [-0.3, -0.25) is 4.99 Å². The largest absolute Gasteiger partial charge is 0.507 e. The summed E-state index contributed by atoms with van der Waals surface area (Å²) in [6, 6.07) is 13.8. The van der Waals surface area contributed by atoms with Crippen molar-refractivity contribution in [1.29, 1.82) is 0 Å². The highest BCUT2D eigenvalue weighted by atomic mass is 16.3. The van der Waals surface area contributed by atoms with Gasteiger partial charge in [-0.15, -0.1) is 0 Å². The topological polar surface area (TPSA) is 32.6 Å². The lowest BCUT2D eigenvalue weighted by Gasteiger charge is -2.22. The van der Waals surface area contributed by atoms with Crippen LogP contribution >= 0.6 is 0 Å². The maximum atomic E-state index is 10.5. The fourth-order valence-corrected chi connectivity index (χ4v) is 2.13. The van der Waals surface area contributed by atoms with Crippen molar-refractivity contribution in [3.63, 3.8) is 0 Å². The Balaban J connectivity index is 2.44. The Kier molecular flexibility index (Phi) is 3.93. The maximum Gasteiger partial charge on any atom is 0.128 e. The molecule has 0 unspecified atom stereocenters. The second kappa shape index (κ2) is 5.49. The second-order valence-electron chi connectivity index (χ2n) is 6.04. The standard InChI is InChI=1S/C18H21NO/c1-13-10-11-16(18(2,3)4)17(20)15(13)12-19-14-8-6-5-7-9-14/h5-12,20H,1-4H3. The Labute approximate surface area is 120 Å². The highest BCUT2D eigenvalue weighted by Gasteiger charge is 2.20. The monoisotopic (exact) mass is 267 g/mol. The molecule has 2 heteroatoms. The number of phenolic OH excluding ortho intramolecular Hbond substituents is 1. The van der Waals surface area contributed by atoms with Crippen molar-refractivity contribution in [2.45, 2.75) is 33.1 Å². The van der Waals surface area contributed by atoms with Gasteiger partial charge in [0.25, 0.3) is 0 Å². The minimum atomic E-state index is -0.0902. The first kappa shape index (κ1) is 14.3. The molecule has 0 amide bonds. The molecular weight excluding hydrogens is 246 g/mol. The van der Waals surface area contributed by atoms with Gasteiger partial charge in [-0.25, -0.2) is 0 Å². The van der Waals surface area contributed by atoms with Crippen molar-refractivity contribution in [1.82, 2.24) is 0 Å². The van der Waals surface area contributed by atoms with Crippen LogP contribution < -0.4 is 0 Å². The molecule has 0 saturated carbocycles. The number of hydrogen-bond donors (Lipinski definition) is 1. The fourth-order valence-electron chi connectivity index (χ4n) is 2.13. The quantitative estimate of drug-likeness (QED) is 0.782. The number of aryl methyl sites for hydroxylation is 1. The summed E-state index contributed by atoms with van der Waals surface area (Å²) >= 11 is 0. The molecule has 0 aliphatic heterocycles. The number of para-hydroxylation sites is 1. The van der Waals surface area contributed by atoms with Crippen molar-refractivity contribution in [2.75, 3.05) is 0 Å². The third-order valence-electron chi connectivity index (χ3n) is 3.34. The van der Waals surface area contributed by atoms with Crippen LogP contribution in [0.15, 0.2) is 47.5 Å². The molecule has 104 valence electrons. The van der Waals surface area contributed by atoms with E-state index in [1.165, 1.54) is 0 Å². The van der Waals surface area contributed by atoms with Crippen molar-refractivity contribution in [3.05, 3.63) is 59.2 Å². The molecule has 0 spiro atoms.